The molecule has 2 aliphatic heterocycles. The number of quaternary nitrogens is 2. The summed E-state index contributed by atoms with van der Waals surface area (Å²) in [6.45, 7) is 10.2. The highest BCUT2D eigenvalue weighted by molar-refractivity contribution is 4.70. The monoisotopic (exact) mass is 424 g/mol. The summed E-state index contributed by atoms with van der Waals surface area (Å²) >= 11 is 0. The van der Waals surface area contributed by atoms with Crippen LogP contribution in [0.1, 0.15) is 89.9 Å². The van der Waals surface area contributed by atoms with E-state index in [1.807, 2.05) is 0 Å². The Labute approximate surface area is 188 Å². The molecule has 0 saturated carbocycles. The van der Waals surface area contributed by atoms with Crippen molar-refractivity contribution in [3.8, 4) is 0 Å². The maximum Gasteiger partial charge on any atom is 0.0815 e. The van der Waals surface area contributed by atoms with Crippen LogP contribution in [0.2, 0.25) is 0 Å². The van der Waals surface area contributed by atoms with Gasteiger partial charge in [0.15, 0.2) is 0 Å². The van der Waals surface area contributed by atoms with E-state index in [-0.39, 0.29) is 0 Å². The lowest BCUT2D eigenvalue weighted by atomic mass is 9.88. The fraction of sp³-hybridized carbons (Fsp3) is 1.00. The van der Waals surface area contributed by atoms with E-state index in [1.165, 1.54) is 138 Å². The Morgan fingerprint density at radius 1 is 0.567 bits per heavy atom. The fourth-order valence-electron chi connectivity index (χ4n) is 6.17. The zero-order chi connectivity index (χ0) is 21.7. The number of unbranched alkanes of at least 4 members (excludes halogenated alkanes) is 6. The van der Waals surface area contributed by atoms with Gasteiger partial charge in [-0.25, -0.2) is 0 Å². The summed E-state index contributed by atoms with van der Waals surface area (Å²) in [5.41, 5.74) is 11.2. The van der Waals surface area contributed by atoms with Crippen molar-refractivity contribution in [3.63, 3.8) is 0 Å². The second kappa shape index (κ2) is 14.1. The summed E-state index contributed by atoms with van der Waals surface area (Å²) in [6.07, 6.45) is 19.5. The highest BCUT2D eigenvalue weighted by Gasteiger charge is 2.34. The lowest BCUT2D eigenvalue weighted by Gasteiger charge is -2.41. The average molecular weight is 425 g/mol. The Morgan fingerprint density at radius 3 is 1.63 bits per heavy atom. The van der Waals surface area contributed by atoms with Gasteiger partial charge in [-0.1, -0.05) is 19.3 Å². The van der Waals surface area contributed by atoms with Crippen LogP contribution in [0.5, 0.6) is 0 Å². The molecule has 0 bridgehead atoms. The lowest BCUT2D eigenvalue weighted by molar-refractivity contribution is -0.915. The third-order valence-corrected chi connectivity index (χ3v) is 8.46. The van der Waals surface area contributed by atoms with Crippen LogP contribution in [-0.2, 0) is 0 Å². The molecule has 0 amide bonds. The van der Waals surface area contributed by atoms with E-state index in [9.17, 15) is 0 Å². The highest BCUT2D eigenvalue weighted by Crippen LogP contribution is 2.31. The molecule has 2 rings (SSSR count). The van der Waals surface area contributed by atoms with Crippen molar-refractivity contribution >= 4 is 0 Å². The van der Waals surface area contributed by atoms with Crippen LogP contribution < -0.4 is 11.5 Å². The topological polar surface area (TPSA) is 52.0 Å². The van der Waals surface area contributed by atoms with Crippen molar-refractivity contribution in [3.05, 3.63) is 0 Å². The van der Waals surface area contributed by atoms with E-state index >= 15 is 0 Å². The summed E-state index contributed by atoms with van der Waals surface area (Å²) in [5.74, 6) is 2.01. The molecule has 2 unspecified atom stereocenters. The van der Waals surface area contributed by atoms with Gasteiger partial charge in [-0.05, 0) is 83.2 Å². The van der Waals surface area contributed by atoms with Crippen molar-refractivity contribution in [1.82, 2.24) is 0 Å². The van der Waals surface area contributed by atoms with Crippen molar-refractivity contribution in [2.75, 3.05) is 66.5 Å². The van der Waals surface area contributed by atoms with Crippen LogP contribution in [0.15, 0.2) is 0 Å². The Balaban J connectivity index is 1.52. The molecule has 2 aliphatic rings. The Hall–Kier alpha value is -0.160. The molecular weight excluding hydrogens is 368 g/mol. The molecule has 0 spiro atoms. The van der Waals surface area contributed by atoms with Crippen molar-refractivity contribution in [1.29, 1.82) is 0 Å². The van der Waals surface area contributed by atoms with Gasteiger partial charge >= 0.3 is 0 Å². The fourth-order valence-corrected chi connectivity index (χ4v) is 6.17. The molecule has 4 nitrogen and oxygen atoms in total. The maximum absolute atomic E-state index is 5.62. The van der Waals surface area contributed by atoms with Gasteiger partial charge in [-0.3, -0.25) is 0 Å². The van der Waals surface area contributed by atoms with E-state index in [0.29, 0.717) is 0 Å². The van der Waals surface area contributed by atoms with Crippen LogP contribution in [0.4, 0.5) is 0 Å². The van der Waals surface area contributed by atoms with Gasteiger partial charge < -0.3 is 20.4 Å². The van der Waals surface area contributed by atoms with Crippen LogP contribution in [-0.4, -0.2) is 75.4 Å². The molecule has 178 valence electrons. The minimum absolute atomic E-state index is 0.863. The molecule has 0 radical (unpaired) electrons. The van der Waals surface area contributed by atoms with E-state index in [1.54, 1.807) is 0 Å². The van der Waals surface area contributed by atoms with Crippen molar-refractivity contribution < 1.29 is 8.97 Å². The van der Waals surface area contributed by atoms with Crippen LogP contribution >= 0.6 is 0 Å². The number of hydrogen-bond donors (Lipinski definition) is 2. The molecular formula is C26H56N4+2. The number of nitrogens with two attached hydrogens (primary N) is 2. The van der Waals surface area contributed by atoms with Gasteiger partial charge in [0.05, 0.1) is 53.4 Å². The van der Waals surface area contributed by atoms with E-state index < -0.39 is 0 Å². The quantitative estimate of drug-likeness (QED) is 0.283. The lowest BCUT2D eigenvalue weighted by Crippen LogP contribution is -2.50. The molecule has 0 aromatic carbocycles. The standard InChI is InChI=1S/C26H56N4/c1-29(19-9-5-3-7-17-27)21-14-25(15-22-29)12-11-13-26-16-23-30(2,24-26)20-10-6-4-8-18-28/h25-26H,3-24,27-28H2,1-2H3/q+2. The first-order chi connectivity index (χ1) is 14.5. The van der Waals surface area contributed by atoms with E-state index in [0.717, 1.165) is 24.9 Å². The van der Waals surface area contributed by atoms with Crippen LogP contribution in [0, 0.1) is 11.8 Å². The first-order valence-electron chi connectivity index (χ1n) is 13.6. The van der Waals surface area contributed by atoms with Crippen LogP contribution in [0.25, 0.3) is 0 Å². The van der Waals surface area contributed by atoms with Gasteiger partial charge in [-0.15, -0.1) is 0 Å². The number of likely N-dealkylation sites (tertiary alicyclic amines) is 2. The molecule has 2 saturated heterocycles. The van der Waals surface area contributed by atoms with Gasteiger partial charge in [-0.2, -0.15) is 0 Å². The van der Waals surface area contributed by atoms with Gasteiger partial charge in [0.25, 0.3) is 0 Å². The molecule has 0 aliphatic carbocycles. The summed E-state index contributed by atoms with van der Waals surface area (Å²) < 4.78 is 2.68. The summed E-state index contributed by atoms with van der Waals surface area (Å²) in [7, 11) is 5.02. The Morgan fingerprint density at radius 2 is 1.03 bits per heavy atom. The number of hydrogen-bond acceptors (Lipinski definition) is 2. The average Bonchev–Trinajstić information content (AvgIpc) is 3.10. The Bertz CT molecular complexity index is 433. The molecule has 0 aromatic rings. The second-order valence-electron chi connectivity index (χ2n) is 11.5. The molecule has 0 aromatic heterocycles. The summed E-state index contributed by atoms with van der Waals surface area (Å²) in [4.78, 5) is 0. The van der Waals surface area contributed by atoms with E-state index in [4.69, 9.17) is 11.5 Å². The zero-order valence-electron chi connectivity index (χ0n) is 20.8. The zero-order valence-corrected chi connectivity index (χ0v) is 20.8. The summed E-state index contributed by atoms with van der Waals surface area (Å²) in [6, 6.07) is 0. The predicted molar refractivity (Wildman–Crippen MR) is 131 cm³/mol. The minimum atomic E-state index is 0.863. The SMILES string of the molecule is C[N+]1(CCCCCCN)CCC(CCCC2CC[N+](C)(CCCCCCN)C2)CC1. The smallest absolute Gasteiger partial charge is 0.0815 e. The minimum Gasteiger partial charge on any atom is -0.330 e. The molecule has 2 atom stereocenters. The van der Waals surface area contributed by atoms with Crippen LogP contribution in [0.3, 0.4) is 0 Å². The highest BCUT2D eigenvalue weighted by atomic mass is 15.3. The van der Waals surface area contributed by atoms with Gasteiger partial charge in [0, 0.05) is 12.3 Å². The maximum atomic E-state index is 5.62. The third kappa shape index (κ3) is 9.97. The van der Waals surface area contributed by atoms with E-state index in [2.05, 4.69) is 14.1 Å². The largest absolute Gasteiger partial charge is 0.330 e. The molecule has 30 heavy (non-hydrogen) atoms. The molecule has 2 fully saturated rings. The Kier molecular flexibility index (Phi) is 12.2. The predicted octanol–water partition coefficient (Wildman–Crippen LogP) is 4.52. The first kappa shape index (κ1) is 26.1. The third-order valence-electron chi connectivity index (χ3n) is 8.46. The van der Waals surface area contributed by atoms with Crippen molar-refractivity contribution in [2.24, 2.45) is 23.3 Å². The van der Waals surface area contributed by atoms with Gasteiger partial charge in [0.1, 0.15) is 0 Å². The number of piperidine rings is 1. The number of nitrogens with zero attached hydrogens (tertiary/aromatic N) is 2. The van der Waals surface area contributed by atoms with Gasteiger partial charge in [0.2, 0.25) is 0 Å². The summed E-state index contributed by atoms with van der Waals surface area (Å²) in [5, 5.41) is 0. The molecule has 4 heteroatoms. The second-order valence-corrected chi connectivity index (χ2v) is 11.5. The number of rotatable bonds is 16. The molecule has 4 N–H and O–H groups in total. The van der Waals surface area contributed by atoms with Crippen molar-refractivity contribution in [2.45, 2.75) is 89.9 Å². The molecule has 2 heterocycles. The normalized spacial score (nSPS) is 32.0. The first-order valence-corrected chi connectivity index (χ1v) is 13.6.